The van der Waals surface area contributed by atoms with Crippen LogP contribution in [-0.2, 0) is 11.8 Å². The molecule has 0 aliphatic heterocycles. The maximum Gasteiger partial charge on any atom is 0.451 e. The van der Waals surface area contributed by atoms with Crippen LogP contribution in [0.5, 0.6) is 0 Å². The molecular weight excluding hydrogens is 447 g/mol. The van der Waals surface area contributed by atoms with Gasteiger partial charge in [-0.2, -0.15) is 18.3 Å². The number of nitrogens with zero attached hydrogens (tertiary/aromatic N) is 4. The van der Waals surface area contributed by atoms with Crippen LogP contribution < -0.4 is 5.32 Å². The Balaban J connectivity index is 1.62. The average molecular weight is 476 g/mol. The monoisotopic (exact) mass is 475 g/mol. The topological polar surface area (TPSA) is 92.9 Å². The molecule has 3 aromatic rings. The Morgan fingerprint density at radius 2 is 1.79 bits per heavy atom. The number of carbonyl (C=O) groups excluding carboxylic acids is 1. The molecule has 1 amide bonds. The van der Waals surface area contributed by atoms with Gasteiger partial charge in [0.2, 0.25) is 5.82 Å². The molecule has 2 heterocycles. The van der Waals surface area contributed by atoms with E-state index in [0.717, 1.165) is 36.5 Å². The van der Waals surface area contributed by atoms with Crippen molar-refractivity contribution in [2.24, 2.45) is 5.92 Å². The first-order chi connectivity index (χ1) is 16.0. The lowest BCUT2D eigenvalue weighted by Gasteiger charge is -2.27. The van der Waals surface area contributed by atoms with Gasteiger partial charge in [-0.3, -0.25) is 9.48 Å². The molecular formula is C24H28F3N5O2. The summed E-state index contributed by atoms with van der Waals surface area (Å²) < 4.78 is 40.1. The van der Waals surface area contributed by atoms with Crippen molar-refractivity contribution in [1.82, 2.24) is 19.7 Å². The standard InChI is InChI=1S/C24H28F3N5O2/c1-4-14-5-7-17(8-6-14)32-13-15-9-20(18(23(2,3)34)10-19(15)31-32)30-21(33)16-11-28-22(29-12-16)24(25,26)27/h9-14,17,34H,4-8H2,1-3H3,(H,30,33). The second-order valence-electron chi connectivity index (χ2n) is 9.45. The molecule has 4 rings (SSSR count). The van der Waals surface area contributed by atoms with E-state index < -0.39 is 23.5 Å². The number of alkyl halides is 3. The number of fused-ring (bicyclic) bond motifs is 1. The predicted molar refractivity (Wildman–Crippen MR) is 121 cm³/mol. The molecule has 2 aromatic heterocycles. The summed E-state index contributed by atoms with van der Waals surface area (Å²) in [6.45, 7) is 5.40. The zero-order chi connectivity index (χ0) is 24.7. The molecule has 1 saturated carbocycles. The Bertz CT molecular complexity index is 1170. The van der Waals surface area contributed by atoms with Crippen molar-refractivity contribution >= 4 is 22.5 Å². The number of carbonyl (C=O) groups is 1. The summed E-state index contributed by atoms with van der Waals surface area (Å²) in [6, 6.07) is 3.78. The molecule has 182 valence electrons. The summed E-state index contributed by atoms with van der Waals surface area (Å²) in [6.07, 6.45) is 4.56. The summed E-state index contributed by atoms with van der Waals surface area (Å²) in [4.78, 5) is 19.2. The zero-order valence-corrected chi connectivity index (χ0v) is 19.4. The van der Waals surface area contributed by atoms with Crippen LogP contribution in [0.25, 0.3) is 10.9 Å². The van der Waals surface area contributed by atoms with Gasteiger partial charge in [-0.05, 0) is 57.6 Å². The SMILES string of the molecule is CCC1CCC(n2cc3cc(NC(=O)c4cnc(C(F)(F)F)nc4)c(C(C)(C)O)cc3n2)CC1. The minimum atomic E-state index is -4.69. The van der Waals surface area contributed by atoms with Gasteiger partial charge in [0.05, 0.1) is 22.7 Å². The highest BCUT2D eigenvalue weighted by molar-refractivity contribution is 6.05. The van der Waals surface area contributed by atoms with Gasteiger partial charge in [-0.15, -0.1) is 0 Å². The molecule has 0 spiro atoms. The van der Waals surface area contributed by atoms with Gasteiger partial charge in [-0.1, -0.05) is 13.3 Å². The molecule has 0 saturated heterocycles. The quantitative estimate of drug-likeness (QED) is 0.511. The van der Waals surface area contributed by atoms with Gasteiger partial charge in [-0.25, -0.2) is 9.97 Å². The van der Waals surface area contributed by atoms with E-state index in [1.165, 1.54) is 19.3 Å². The molecule has 0 radical (unpaired) electrons. The minimum absolute atomic E-state index is 0.127. The van der Waals surface area contributed by atoms with E-state index in [4.69, 9.17) is 5.10 Å². The second kappa shape index (κ2) is 8.98. The Morgan fingerprint density at radius 1 is 1.15 bits per heavy atom. The maximum atomic E-state index is 12.7. The lowest BCUT2D eigenvalue weighted by Crippen LogP contribution is -2.21. The third kappa shape index (κ3) is 5.06. The molecule has 1 aliphatic carbocycles. The molecule has 2 N–H and O–H groups in total. The first-order valence-corrected chi connectivity index (χ1v) is 11.4. The van der Waals surface area contributed by atoms with Crippen molar-refractivity contribution < 1.29 is 23.1 Å². The number of rotatable bonds is 5. The number of amides is 1. The first-order valence-electron chi connectivity index (χ1n) is 11.4. The molecule has 0 unspecified atom stereocenters. The predicted octanol–water partition coefficient (Wildman–Crippen LogP) is 5.47. The molecule has 0 atom stereocenters. The van der Waals surface area contributed by atoms with Crippen LogP contribution in [0.4, 0.5) is 18.9 Å². The fourth-order valence-electron chi connectivity index (χ4n) is 4.49. The number of hydrogen-bond donors (Lipinski definition) is 2. The smallest absolute Gasteiger partial charge is 0.386 e. The van der Waals surface area contributed by atoms with Crippen LogP contribution in [0.1, 0.15) is 80.7 Å². The summed E-state index contributed by atoms with van der Waals surface area (Å²) in [5.41, 5.74) is 0.0696. The number of anilines is 1. The number of aromatic nitrogens is 4. The van der Waals surface area contributed by atoms with Crippen LogP contribution in [0.2, 0.25) is 0 Å². The van der Waals surface area contributed by atoms with Crippen molar-refractivity contribution in [3.8, 4) is 0 Å². The molecule has 1 aliphatic rings. The first kappa shape index (κ1) is 24.1. The van der Waals surface area contributed by atoms with Crippen LogP contribution in [0, 0.1) is 5.92 Å². The summed E-state index contributed by atoms with van der Waals surface area (Å²) in [5.74, 6) is -1.23. The molecule has 1 aromatic carbocycles. The highest BCUT2D eigenvalue weighted by atomic mass is 19.4. The van der Waals surface area contributed by atoms with E-state index >= 15 is 0 Å². The summed E-state index contributed by atoms with van der Waals surface area (Å²) in [7, 11) is 0. The molecule has 1 fully saturated rings. The van der Waals surface area contributed by atoms with Crippen LogP contribution in [-0.4, -0.2) is 30.8 Å². The van der Waals surface area contributed by atoms with Crippen molar-refractivity contribution in [3.05, 3.63) is 47.7 Å². The Labute approximate surface area is 195 Å². The van der Waals surface area contributed by atoms with Gasteiger partial charge in [0.25, 0.3) is 5.91 Å². The number of hydrogen-bond acceptors (Lipinski definition) is 5. The van der Waals surface area contributed by atoms with E-state index in [-0.39, 0.29) is 5.56 Å². The van der Waals surface area contributed by atoms with Crippen molar-refractivity contribution in [1.29, 1.82) is 0 Å². The zero-order valence-electron chi connectivity index (χ0n) is 19.4. The Hall–Kier alpha value is -3.01. The number of halogens is 3. The van der Waals surface area contributed by atoms with Gasteiger partial charge in [0.15, 0.2) is 0 Å². The molecule has 7 nitrogen and oxygen atoms in total. The normalized spacial score (nSPS) is 19.4. The highest BCUT2D eigenvalue weighted by Gasteiger charge is 2.34. The largest absolute Gasteiger partial charge is 0.451 e. The van der Waals surface area contributed by atoms with E-state index in [1.54, 1.807) is 26.0 Å². The molecule has 34 heavy (non-hydrogen) atoms. The number of benzene rings is 1. The Morgan fingerprint density at radius 3 is 2.35 bits per heavy atom. The second-order valence-corrected chi connectivity index (χ2v) is 9.45. The van der Waals surface area contributed by atoms with Crippen molar-refractivity contribution in [2.75, 3.05) is 5.32 Å². The maximum absolute atomic E-state index is 12.7. The van der Waals surface area contributed by atoms with Gasteiger partial charge in [0.1, 0.15) is 0 Å². The van der Waals surface area contributed by atoms with Crippen LogP contribution >= 0.6 is 0 Å². The summed E-state index contributed by atoms with van der Waals surface area (Å²) in [5, 5.41) is 18.9. The Kier molecular flexibility index (Phi) is 6.37. The van der Waals surface area contributed by atoms with Crippen molar-refractivity contribution in [2.45, 2.75) is 70.7 Å². The van der Waals surface area contributed by atoms with E-state index in [9.17, 15) is 23.1 Å². The number of aliphatic hydroxyl groups is 1. The van der Waals surface area contributed by atoms with Crippen LogP contribution in [0.3, 0.4) is 0 Å². The van der Waals surface area contributed by atoms with Crippen LogP contribution in [0.15, 0.2) is 30.7 Å². The highest BCUT2D eigenvalue weighted by Crippen LogP contribution is 2.36. The van der Waals surface area contributed by atoms with Gasteiger partial charge >= 0.3 is 6.18 Å². The van der Waals surface area contributed by atoms with Gasteiger partial charge < -0.3 is 10.4 Å². The van der Waals surface area contributed by atoms with E-state index in [2.05, 4.69) is 22.2 Å². The lowest BCUT2D eigenvalue weighted by atomic mass is 9.85. The van der Waals surface area contributed by atoms with Crippen molar-refractivity contribution in [3.63, 3.8) is 0 Å². The lowest BCUT2D eigenvalue weighted by molar-refractivity contribution is -0.145. The molecule has 0 bridgehead atoms. The fraction of sp³-hybridized carbons (Fsp3) is 0.500. The third-order valence-corrected chi connectivity index (χ3v) is 6.50. The van der Waals surface area contributed by atoms with E-state index in [1.807, 2.05) is 10.9 Å². The third-order valence-electron chi connectivity index (χ3n) is 6.50. The summed E-state index contributed by atoms with van der Waals surface area (Å²) >= 11 is 0. The van der Waals surface area contributed by atoms with Gasteiger partial charge in [0, 0.05) is 35.2 Å². The minimum Gasteiger partial charge on any atom is -0.386 e. The number of nitrogens with one attached hydrogen (secondary N) is 1. The van der Waals surface area contributed by atoms with E-state index in [0.29, 0.717) is 22.8 Å². The fourth-order valence-corrected chi connectivity index (χ4v) is 4.49. The average Bonchev–Trinajstić information content (AvgIpc) is 3.20. The molecule has 10 heteroatoms.